The smallest absolute Gasteiger partial charge is 0.207 e. The molecule has 1 heterocycles. The van der Waals surface area contributed by atoms with E-state index in [9.17, 15) is 8.42 Å². The van der Waals surface area contributed by atoms with Crippen molar-refractivity contribution in [2.24, 2.45) is 0 Å². The number of nitrogens with zero attached hydrogens (tertiary/aromatic N) is 1. The Morgan fingerprint density at radius 1 is 1.32 bits per heavy atom. The SMILES string of the molecule is Cc1cc(Br)c(S(=O)(=O)N(C)C2CCSC2)cc1Br. The molecule has 19 heavy (non-hydrogen) atoms. The maximum atomic E-state index is 12.7. The van der Waals surface area contributed by atoms with E-state index in [-0.39, 0.29) is 6.04 Å². The highest BCUT2D eigenvalue weighted by Crippen LogP contribution is 2.33. The molecule has 1 aromatic carbocycles. The van der Waals surface area contributed by atoms with E-state index in [2.05, 4.69) is 31.9 Å². The van der Waals surface area contributed by atoms with Crippen LogP contribution >= 0.6 is 43.6 Å². The Kier molecular flexibility index (Phi) is 5.04. The molecule has 1 aliphatic heterocycles. The van der Waals surface area contributed by atoms with Crippen molar-refractivity contribution in [3.63, 3.8) is 0 Å². The van der Waals surface area contributed by atoms with E-state index in [1.54, 1.807) is 24.9 Å². The summed E-state index contributed by atoms with van der Waals surface area (Å²) in [7, 11) is -1.78. The first-order valence-electron chi connectivity index (χ1n) is 5.85. The van der Waals surface area contributed by atoms with Gasteiger partial charge in [0.05, 0.1) is 4.90 Å². The van der Waals surface area contributed by atoms with Gasteiger partial charge in [0.15, 0.2) is 0 Å². The number of benzene rings is 1. The van der Waals surface area contributed by atoms with Gasteiger partial charge in [0.2, 0.25) is 10.0 Å². The zero-order valence-electron chi connectivity index (χ0n) is 10.7. The van der Waals surface area contributed by atoms with Gasteiger partial charge in [-0.05, 0) is 52.7 Å². The molecular formula is C12H15Br2NO2S2. The van der Waals surface area contributed by atoms with Gasteiger partial charge >= 0.3 is 0 Å². The minimum absolute atomic E-state index is 0.0991. The van der Waals surface area contributed by atoms with E-state index in [0.717, 1.165) is 28.0 Å². The monoisotopic (exact) mass is 427 g/mol. The minimum atomic E-state index is -3.45. The Morgan fingerprint density at radius 2 is 2.00 bits per heavy atom. The third-order valence-corrected chi connectivity index (χ3v) is 8.16. The molecule has 7 heteroatoms. The van der Waals surface area contributed by atoms with Gasteiger partial charge in [0, 0.05) is 27.8 Å². The highest BCUT2D eigenvalue weighted by atomic mass is 79.9. The van der Waals surface area contributed by atoms with Crippen LogP contribution in [0.4, 0.5) is 0 Å². The van der Waals surface area contributed by atoms with Crippen molar-refractivity contribution in [2.45, 2.75) is 24.3 Å². The molecule has 3 nitrogen and oxygen atoms in total. The number of sulfonamides is 1. The third kappa shape index (κ3) is 3.20. The molecule has 1 atom stereocenters. The summed E-state index contributed by atoms with van der Waals surface area (Å²) < 4.78 is 28.3. The molecule has 0 spiro atoms. The molecular weight excluding hydrogens is 414 g/mol. The molecule has 0 aromatic heterocycles. The average Bonchev–Trinajstić information content (AvgIpc) is 2.86. The first-order valence-corrected chi connectivity index (χ1v) is 10.0. The second-order valence-corrected chi connectivity index (χ2v) is 9.39. The summed E-state index contributed by atoms with van der Waals surface area (Å²) >= 11 is 8.56. The number of hydrogen-bond donors (Lipinski definition) is 0. The summed E-state index contributed by atoms with van der Waals surface area (Å²) in [6, 6.07) is 3.60. The summed E-state index contributed by atoms with van der Waals surface area (Å²) in [6.45, 7) is 1.93. The van der Waals surface area contributed by atoms with Gasteiger partial charge < -0.3 is 0 Å². The summed E-state index contributed by atoms with van der Waals surface area (Å²) in [6.07, 6.45) is 0.922. The lowest BCUT2D eigenvalue weighted by Crippen LogP contribution is -2.37. The van der Waals surface area contributed by atoms with Crippen LogP contribution in [0, 0.1) is 6.92 Å². The minimum Gasteiger partial charge on any atom is -0.207 e. The normalized spacial score (nSPS) is 20.2. The molecule has 1 aromatic rings. The lowest BCUT2D eigenvalue weighted by atomic mass is 10.2. The molecule has 0 aliphatic carbocycles. The first kappa shape index (κ1) is 15.8. The predicted octanol–water partition coefficient (Wildman–Crippen LogP) is 3.65. The number of aryl methyl sites for hydroxylation is 1. The zero-order valence-corrected chi connectivity index (χ0v) is 15.5. The first-order chi connectivity index (χ1) is 8.84. The molecule has 0 bridgehead atoms. The molecule has 0 amide bonds. The van der Waals surface area contributed by atoms with Crippen molar-refractivity contribution in [1.29, 1.82) is 0 Å². The van der Waals surface area contributed by atoms with Gasteiger partial charge in [0.1, 0.15) is 0 Å². The molecule has 1 fully saturated rings. The highest BCUT2D eigenvalue weighted by Gasteiger charge is 2.31. The highest BCUT2D eigenvalue weighted by molar-refractivity contribution is 9.11. The molecule has 106 valence electrons. The Hall–Kier alpha value is 0.440. The van der Waals surface area contributed by atoms with Crippen LogP contribution in [0.25, 0.3) is 0 Å². The van der Waals surface area contributed by atoms with Crippen LogP contribution in [0.5, 0.6) is 0 Å². The number of rotatable bonds is 3. The van der Waals surface area contributed by atoms with Gasteiger partial charge in [-0.2, -0.15) is 16.1 Å². The van der Waals surface area contributed by atoms with Gasteiger partial charge in [-0.3, -0.25) is 0 Å². The van der Waals surface area contributed by atoms with Crippen LogP contribution < -0.4 is 0 Å². The van der Waals surface area contributed by atoms with Crippen LogP contribution in [0.2, 0.25) is 0 Å². The summed E-state index contributed by atoms with van der Waals surface area (Å²) in [4.78, 5) is 0.323. The Bertz CT molecular complexity index is 584. The van der Waals surface area contributed by atoms with Gasteiger partial charge in [0.25, 0.3) is 0 Å². The van der Waals surface area contributed by atoms with Crippen LogP contribution in [0.3, 0.4) is 0 Å². The lowest BCUT2D eigenvalue weighted by Gasteiger charge is -2.24. The van der Waals surface area contributed by atoms with Crippen molar-refractivity contribution in [1.82, 2.24) is 4.31 Å². The fourth-order valence-electron chi connectivity index (χ4n) is 1.99. The molecule has 2 rings (SSSR count). The summed E-state index contributed by atoms with van der Waals surface area (Å²) in [5.41, 5.74) is 1.00. The van der Waals surface area contributed by atoms with E-state index >= 15 is 0 Å². The van der Waals surface area contributed by atoms with Gasteiger partial charge in [-0.25, -0.2) is 8.42 Å². The topological polar surface area (TPSA) is 37.4 Å². The molecule has 1 aliphatic rings. The van der Waals surface area contributed by atoms with Gasteiger partial charge in [-0.1, -0.05) is 15.9 Å². The lowest BCUT2D eigenvalue weighted by molar-refractivity contribution is 0.394. The van der Waals surface area contributed by atoms with Crippen molar-refractivity contribution < 1.29 is 8.42 Å². The molecule has 1 unspecified atom stereocenters. The van der Waals surface area contributed by atoms with Crippen molar-refractivity contribution >= 4 is 53.6 Å². The summed E-state index contributed by atoms with van der Waals surface area (Å²) in [5.74, 6) is 1.91. The molecule has 1 saturated heterocycles. The number of halogens is 2. The second kappa shape index (κ2) is 6.05. The standard InChI is InChI=1S/C12H15Br2NO2S2/c1-8-5-11(14)12(6-10(8)13)19(16,17)15(2)9-3-4-18-7-9/h5-6,9H,3-4,7H2,1-2H3. The zero-order chi connectivity index (χ0) is 14.2. The Balaban J connectivity index is 2.41. The summed E-state index contributed by atoms with van der Waals surface area (Å²) in [5, 5.41) is 0. The fraction of sp³-hybridized carbons (Fsp3) is 0.500. The number of thioether (sulfide) groups is 1. The van der Waals surface area contributed by atoms with Crippen LogP contribution in [0.1, 0.15) is 12.0 Å². The maximum Gasteiger partial charge on any atom is 0.244 e. The van der Waals surface area contributed by atoms with Gasteiger partial charge in [-0.15, -0.1) is 0 Å². The third-order valence-electron chi connectivity index (χ3n) is 3.29. The molecule has 0 N–H and O–H groups in total. The predicted molar refractivity (Wildman–Crippen MR) is 87.3 cm³/mol. The number of hydrogen-bond acceptors (Lipinski definition) is 3. The van der Waals surface area contributed by atoms with Crippen LogP contribution in [0.15, 0.2) is 26.0 Å². The van der Waals surface area contributed by atoms with E-state index < -0.39 is 10.0 Å². The van der Waals surface area contributed by atoms with Crippen molar-refractivity contribution in [2.75, 3.05) is 18.6 Å². The fourth-order valence-corrected chi connectivity index (χ4v) is 6.37. The van der Waals surface area contributed by atoms with Crippen LogP contribution in [-0.4, -0.2) is 37.3 Å². The van der Waals surface area contributed by atoms with Crippen molar-refractivity contribution in [3.05, 3.63) is 26.6 Å². The second-order valence-electron chi connectivity index (χ2n) is 4.57. The Morgan fingerprint density at radius 3 is 2.58 bits per heavy atom. The Labute approximate surface area is 135 Å². The van der Waals surface area contributed by atoms with Crippen LogP contribution in [-0.2, 0) is 10.0 Å². The molecule has 0 saturated carbocycles. The van der Waals surface area contributed by atoms with E-state index in [1.165, 1.54) is 4.31 Å². The van der Waals surface area contributed by atoms with E-state index in [0.29, 0.717) is 9.37 Å². The largest absolute Gasteiger partial charge is 0.244 e. The van der Waals surface area contributed by atoms with E-state index in [4.69, 9.17) is 0 Å². The average molecular weight is 429 g/mol. The van der Waals surface area contributed by atoms with Crippen molar-refractivity contribution in [3.8, 4) is 0 Å². The van der Waals surface area contributed by atoms with E-state index in [1.807, 2.05) is 13.0 Å². The molecule has 0 radical (unpaired) electrons. The quantitative estimate of drug-likeness (QED) is 0.737. The maximum absolute atomic E-state index is 12.7.